The van der Waals surface area contributed by atoms with E-state index in [1.807, 2.05) is 42.3 Å². The summed E-state index contributed by atoms with van der Waals surface area (Å²) in [6.45, 7) is 6.45. The zero-order chi connectivity index (χ0) is 27.7. The number of benzene rings is 1. The molecular formula is C28H29N9O2. The molecule has 3 aliphatic rings. The highest BCUT2D eigenvalue weighted by atomic mass is 16.2. The number of aryl methyl sites for hydroxylation is 1. The third-order valence-electron chi connectivity index (χ3n) is 6.85. The Bertz CT molecular complexity index is 1490. The average Bonchev–Trinajstić information content (AvgIpc) is 3.55. The van der Waals surface area contributed by atoms with Crippen molar-refractivity contribution < 1.29 is 9.59 Å². The van der Waals surface area contributed by atoms with Crippen molar-refractivity contribution >= 4 is 29.7 Å². The van der Waals surface area contributed by atoms with Gasteiger partial charge >= 0.3 is 0 Å². The number of nitriles is 1. The second-order valence-corrected chi connectivity index (χ2v) is 9.82. The predicted octanol–water partition coefficient (Wildman–Crippen LogP) is 2.65. The van der Waals surface area contributed by atoms with E-state index in [0.29, 0.717) is 36.5 Å². The first-order chi connectivity index (χ1) is 18.8. The monoisotopic (exact) mass is 523 g/mol. The number of rotatable bonds is 5. The number of amides is 2. The zero-order valence-electron chi connectivity index (χ0n) is 22.0. The SMILES string of the molecule is CC(C)=C(C#N)C(=O)N1CC[C@@H](N2NC(c3ccc(C(=O)Nc4cc(C)ccn4)cc3)=C3C2=CN=CN3N)C1. The van der Waals surface area contributed by atoms with Crippen LogP contribution in [-0.2, 0) is 4.79 Å². The molecule has 1 atom stereocenters. The molecule has 3 aliphatic heterocycles. The number of pyridine rings is 1. The van der Waals surface area contributed by atoms with E-state index in [1.165, 1.54) is 11.3 Å². The molecule has 11 nitrogen and oxygen atoms in total. The number of hydrogen-bond acceptors (Lipinski definition) is 9. The maximum absolute atomic E-state index is 12.9. The highest BCUT2D eigenvalue weighted by Gasteiger charge is 2.40. The summed E-state index contributed by atoms with van der Waals surface area (Å²) < 4.78 is 0. The Labute approximate surface area is 226 Å². The molecule has 1 aromatic carbocycles. The van der Waals surface area contributed by atoms with Gasteiger partial charge in [0.15, 0.2) is 0 Å². The number of aliphatic imine (C=N–C) groups is 1. The fraction of sp³-hybridized carbons (Fsp3) is 0.250. The Balaban J connectivity index is 1.35. The van der Waals surface area contributed by atoms with Crippen LogP contribution in [0.2, 0.25) is 0 Å². The second kappa shape index (κ2) is 10.4. The minimum absolute atomic E-state index is 0.0571. The van der Waals surface area contributed by atoms with Crippen LogP contribution in [-0.4, -0.2) is 57.2 Å². The Morgan fingerprint density at radius 1 is 1.21 bits per heavy atom. The third-order valence-corrected chi connectivity index (χ3v) is 6.85. The summed E-state index contributed by atoms with van der Waals surface area (Å²) in [4.78, 5) is 35.8. The van der Waals surface area contributed by atoms with Gasteiger partial charge in [0, 0.05) is 30.4 Å². The van der Waals surface area contributed by atoms with Crippen molar-refractivity contribution in [3.63, 3.8) is 0 Å². The summed E-state index contributed by atoms with van der Waals surface area (Å²) in [6.07, 6.45) is 5.62. The molecular weight excluding hydrogens is 494 g/mol. The number of carbonyl (C=O) groups excluding carboxylic acids is 2. The number of allylic oxidation sites excluding steroid dienone is 1. The number of nitrogens with two attached hydrogens (primary N) is 1. The quantitative estimate of drug-likeness (QED) is 0.308. The smallest absolute Gasteiger partial charge is 0.264 e. The van der Waals surface area contributed by atoms with Gasteiger partial charge in [0.2, 0.25) is 0 Å². The maximum atomic E-state index is 12.9. The van der Waals surface area contributed by atoms with E-state index in [0.717, 1.165) is 28.2 Å². The Morgan fingerprint density at radius 3 is 2.67 bits per heavy atom. The third kappa shape index (κ3) is 4.97. The largest absolute Gasteiger partial charge is 0.336 e. The topological polar surface area (TPSA) is 143 Å². The van der Waals surface area contributed by atoms with Crippen molar-refractivity contribution in [1.82, 2.24) is 25.3 Å². The van der Waals surface area contributed by atoms with Crippen LogP contribution in [0.15, 0.2) is 76.3 Å². The summed E-state index contributed by atoms with van der Waals surface area (Å²) >= 11 is 0. The van der Waals surface area contributed by atoms with E-state index < -0.39 is 0 Å². The molecule has 0 bridgehead atoms. The number of hydrazine groups is 2. The van der Waals surface area contributed by atoms with E-state index in [2.05, 4.69) is 20.7 Å². The lowest BCUT2D eigenvalue weighted by Crippen LogP contribution is -2.43. The van der Waals surface area contributed by atoms with Gasteiger partial charge in [-0.1, -0.05) is 17.7 Å². The van der Waals surface area contributed by atoms with Gasteiger partial charge in [-0.25, -0.2) is 15.8 Å². The molecule has 5 rings (SSSR count). The van der Waals surface area contributed by atoms with Crippen LogP contribution in [0.3, 0.4) is 0 Å². The number of hydrogen-bond donors (Lipinski definition) is 3. The van der Waals surface area contributed by atoms with Crippen molar-refractivity contribution in [1.29, 1.82) is 5.26 Å². The van der Waals surface area contributed by atoms with Gasteiger partial charge in [0.25, 0.3) is 11.8 Å². The molecule has 39 heavy (non-hydrogen) atoms. The highest BCUT2D eigenvalue weighted by Crippen LogP contribution is 2.36. The molecule has 0 unspecified atom stereocenters. The summed E-state index contributed by atoms with van der Waals surface area (Å²) in [7, 11) is 0. The first-order valence-corrected chi connectivity index (χ1v) is 12.6. The fourth-order valence-electron chi connectivity index (χ4n) is 4.83. The van der Waals surface area contributed by atoms with Crippen LogP contribution in [0.25, 0.3) is 5.70 Å². The van der Waals surface area contributed by atoms with E-state index >= 15 is 0 Å². The number of likely N-dealkylation sites (tertiary alicyclic amines) is 1. The van der Waals surface area contributed by atoms with Crippen LogP contribution in [0, 0.1) is 18.3 Å². The van der Waals surface area contributed by atoms with Gasteiger partial charge in [0.05, 0.1) is 17.9 Å². The first kappa shape index (κ1) is 25.7. The number of anilines is 1. The van der Waals surface area contributed by atoms with Gasteiger partial charge in [-0.2, -0.15) is 5.26 Å². The van der Waals surface area contributed by atoms with Crippen molar-refractivity contribution in [2.45, 2.75) is 33.2 Å². The molecule has 1 fully saturated rings. The van der Waals surface area contributed by atoms with Crippen LogP contribution >= 0.6 is 0 Å². The van der Waals surface area contributed by atoms with E-state index in [9.17, 15) is 14.9 Å². The summed E-state index contributed by atoms with van der Waals surface area (Å²) in [5, 5.41) is 15.7. The van der Waals surface area contributed by atoms with Crippen molar-refractivity contribution in [3.05, 3.63) is 88.0 Å². The molecule has 0 radical (unpaired) electrons. The van der Waals surface area contributed by atoms with Crippen LogP contribution < -0.4 is 16.6 Å². The van der Waals surface area contributed by atoms with Gasteiger partial charge in [0.1, 0.15) is 35.2 Å². The van der Waals surface area contributed by atoms with E-state index in [4.69, 9.17) is 5.84 Å². The lowest BCUT2D eigenvalue weighted by Gasteiger charge is -2.30. The molecule has 2 aromatic rings. The lowest BCUT2D eigenvalue weighted by atomic mass is 10.1. The molecule has 11 heteroatoms. The van der Waals surface area contributed by atoms with Gasteiger partial charge in [-0.3, -0.25) is 25.0 Å². The minimum atomic E-state index is -0.257. The fourth-order valence-corrected chi connectivity index (χ4v) is 4.83. The number of nitrogens with one attached hydrogen (secondary N) is 2. The Kier molecular flexibility index (Phi) is 6.87. The van der Waals surface area contributed by atoms with Gasteiger partial charge < -0.3 is 10.2 Å². The second-order valence-electron chi connectivity index (χ2n) is 9.82. The number of fused-ring (bicyclic) bond motifs is 1. The molecule has 1 saturated heterocycles. The average molecular weight is 524 g/mol. The molecule has 198 valence electrons. The molecule has 1 aromatic heterocycles. The molecule has 0 saturated carbocycles. The summed E-state index contributed by atoms with van der Waals surface area (Å²) in [5.41, 5.74) is 8.94. The van der Waals surface area contributed by atoms with Crippen LogP contribution in [0.1, 0.15) is 41.8 Å². The standard InChI is InChI=1S/C28H29N9O2/c1-17(2)22(13-29)28(39)35-11-9-21(15-35)37-23-14-31-16-36(30)26(23)25(34-37)19-4-6-20(7-5-19)27(38)33-24-12-18(3)8-10-32-24/h4-8,10,12,14,16,21,34H,9,11,15,30H2,1-3H3,(H,32,33,38)/t21-/m1/s1. The molecule has 4 heterocycles. The molecule has 4 N–H and O–H groups in total. The first-order valence-electron chi connectivity index (χ1n) is 12.6. The summed E-state index contributed by atoms with van der Waals surface area (Å²) in [6, 6.07) is 12.9. The lowest BCUT2D eigenvalue weighted by molar-refractivity contribution is -0.125. The highest BCUT2D eigenvalue weighted by molar-refractivity contribution is 6.04. The number of aromatic nitrogens is 1. The normalized spacial score (nSPS) is 17.9. The van der Waals surface area contributed by atoms with Crippen molar-refractivity contribution in [2.75, 3.05) is 18.4 Å². The molecule has 0 aliphatic carbocycles. The van der Waals surface area contributed by atoms with Crippen LogP contribution in [0.5, 0.6) is 0 Å². The summed E-state index contributed by atoms with van der Waals surface area (Å²) in [5.74, 6) is 6.28. The van der Waals surface area contributed by atoms with Crippen molar-refractivity contribution in [2.24, 2.45) is 10.8 Å². The number of carbonyl (C=O) groups is 2. The van der Waals surface area contributed by atoms with Gasteiger partial charge in [-0.15, -0.1) is 0 Å². The molecule has 0 spiro atoms. The Morgan fingerprint density at radius 2 is 1.97 bits per heavy atom. The minimum Gasteiger partial charge on any atom is -0.336 e. The van der Waals surface area contributed by atoms with Crippen molar-refractivity contribution in [3.8, 4) is 6.07 Å². The Hall–Kier alpha value is -4.95. The van der Waals surface area contributed by atoms with Gasteiger partial charge in [-0.05, 0) is 57.0 Å². The number of nitrogens with zero attached hydrogens (tertiary/aromatic N) is 6. The van der Waals surface area contributed by atoms with E-state index in [1.54, 1.807) is 43.3 Å². The molecule has 2 amide bonds. The van der Waals surface area contributed by atoms with E-state index in [-0.39, 0.29) is 23.4 Å². The zero-order valence-corrected chi connectivity index (χ0v) is 22.0. The maximum Gasteiger partial charge on any atom is 0.264 e. The van der Waals surface area contributed by atoms with Crippen LogP contribution in [0.4, 0.5) is 5.82 Å². The predicted molar refractivity (Wildman–Crippen MR) is 147 cm³/mol.